The lowest BCUT2D eigenvalue weighted by Gasteiger charge is -2.10. The van der Waals surface area contributed by atoms with E-state index in [9.17, 15) is 23.2 Å². The molecule has 24 heavy (non-hydrogen) atoms. The van der Waals surface area contributed by atoms with Gasteiger partial charge in [0.2, 0.25) is 5.91 Å². The summed E-state index contributed by atoms with van der Waals surface area (Å²) in [6.45, 7) is -0.362. The van der Waals surface area contributed by atoms with E-state index in [0.717, 1.165) is 21.3 Å². The molecule has 9 heteroatoms. The zero-order valence-electron chi connectivity index (χ0n) is 12.4. The van der Waals surface area contributed by atoms with Gasteiger partial charge in [-0.2, -0.15) is 0 Å². The number of hydrogen-bond acceptors (Lipinski definition) is 4. The maximum atomic E-state index is 13.2. The molecule has 0 atom stereocenters. The van der Waals surface area contributed by atoms with Crippen LogP contribution in [0.1, 0.15) is 0 Å². The lowest BCUT2D eigenvalue weighted by molar-refractivity contribution is -0.116. The van der Waals surface area contributed by atoms with Crippen LogP contribution in [-0.4, -0.2) is 15.0 Å². The van der Waals surface area contributed by atoms with Gasteiger partial charge in [0.25, 0.3) is 5.56 Å². The number of amides is 1. The molecule has 1 amide bonds. The third-order valence-electron chi connectivity index (χ3n) is 3.46. The molecular formula is C15H11F2N3O3S. The van der Waals surface area contributed by atoms with Crippen molar-refractivity contribution in [1.29, 1.82) is 0 Å². The Kier molecular flexibility index (Phi) is 4.02. The van der Waals surface area contributed by atoms with E-state index in [1.54, 1.807) is 11.4 Å². The first-order valence-electron chi connectivity index (χ1n) is 6.80. The van der Waals surface area contributed by atoms with Crippen LogP contribution in [0.5, 0.6) is 0 Å². The van der Waals surface area contributed by atoms with Gasteiger partial charge in [-0.1, -0.05) is 0 Å². The van der Waals surface area contributed by atoms with E-state index in [1.165, 1.54) is 24.5 Å². The van der Waals surface area contributed by atoms with E-state index >= 15 is 0 Å². The minimum Gasteiger partial charge on any atom is -0.324 e. The quantitative estimate of drug-likeness (QED) is 0.780. The standard InChI is InChI=1S/C15H11F2N3O3S/c1-19-14(22)13-11(4-5-24-13)20(15(19)23)7-12(21)18-8-2-3-9(16)10(17)6-8/h2-6H,7H2,1H3,(H,18,21). The van der Waals surface area contributed by atoms with Crippen molar-refractivity contribution in [2.45, 2.75) is 6.54 Å². The molecule has 2 heterocycles. The lowest BCUT2D eigenvalue weighted by Crippen LogP contribution is -2.39. The van der Waals surface area contributed by atoms with Crippen molar-refractivity contribution in [2.75, 3.05) is 5.32 Å². The van der Waals surface area contributed by atoms with E-state index in [1.807, 2.05) is 0 Å². The first-order chi connectivity index (χ1) is 11.4. The third-order valence-corrected chi connectivity index (χ3v) is 4.35. The molecule has 124 valence electrons. The number of nitrogens with zero attached hydrogens (tertiary/aromatic N) is 2. The molecule has 1 N–H and O–H groups in total. The Bertz CT molecular complexity index is 1070. The van der Waals surface area contributed by atoms with Crippen molar-refractivity contribution < 1.29 is 13.6 Å². The summed E-state index contributed by atoms with van der Waals surface area (Å²) in [4.78, 5) is 36.3. The second kappa shape index (κ2) is 6.00. The first-order valence-corrected chi connectivity index (χ1v) is 7.68. The summed E-state index contributed by atoms with van der Waals surface area (Å²) in [5, 5.41) is 4.04. The van der Waals surface area contributed by atoms with E-state index in [2.05, 4.69) is 5.32 Å². The number of aromatic nitrogens is 2. The predicted molar refractivity (Wildman–Crippen MR) is 86.3 cm³/mol. The zero-order chi connectivity index (χ0) is 17.4. The molecule has 0 unspecified atom stereocenters. The molecule has 0 spiro atoms. The van der Waals surface area contributed by atoms with Crippen molar-refractivity contribution >= 4 is 33.1 Å². The predicted octanol–water partition coefficient (Wildman–Crippen LogP) is 1.68. The van der Waals surface area contributed by atoms with Gasteiger partial charge in [-0.3, -0.25) is 18.7 Å². The molecular weight excluding hydrogens is 340 g/mol. The molecule has 0 aliphatic heterocycles. The van der Waals surface area contributed by atoms with Crippen LogP contribution in [0.3, 0.4) is 0 Å². The highest BCUT2D eigenvalue weighted by Crippen LogP contribution is 2.16. The van der Waals surface area contributed by atoms with Crippen LogP contribution in [0.25, 0.3) is 10.2 Å². The molecule has 0 saturated heterocycles. The van der Waals surface area contributed by atoms with Gasteiger partial charge in [0.05, 0.1) is 5.52 Å². The van der Waals surface area contributed by atoms with Crippen molar-refractivity contribution in [3.05, 3.63) is 62.1 Å². The fraction of sp³-hybridized carbons (Fsp3) is 0.133. The maximum Gasteiger partial charge on any atom is 0.331 e. The van der Waals surface area contributed by atoms with Crippen molar-refractivity contribution in [3.8, 4) is 0 Å². The van der Waals surface area contributed by atoms with Gasteiger partial charge >= 0.3 is 5.69 Å². The number of thiophene rings is 1. The Hall–Kier alpha value is -2.81. The zero-order valence-corrected chi connectivity index (χ0v) is 13.2. The monoisotopic (exact) mass is 351 g/mol. The fourth-order valence-corrected chi connectivity index (χ4v) is 3.14. The van der Waals surface area contributed by atoms with Crippen molar-refractivity contribution in [3.63, 3.8) is 0 Å². The molecule has 0 saturated carbocycles. The first kappa shape index (κ1) is 16.1. The summed E-state index contributed by atoms with van der Waals surface area (Å²) in [5.74, 6) is -2.72. The van der Waals surface area contributed by atoms with Gasteiger partial charge in [-0.05, 0) is 23.6 Å². The molecule has 0 fully saturated rings. The Morgan fingerprint density at radius 2 is 1.96 bits per heavy atom. The molecule has 0 radical (unpaired) electrons. The summed E-state index contributed by atoms with van der Waals surface area (Å²) in [7, 11) is 1.33. The average Bonchev–Trinajstić information content (AvgIpc) is 3.02. The Morgan fingerprint density at radius 1 is 1.21 bits per heavy atom. The molecule has 1 aromatic carbocycles. The number of anilines is 1. The third kappa shape index (κ3) is 2.73. The second-order valence-corrected chi connectivity index (χ2v) is 5.96. The largest absolute Gasteiger partial charge is 0.331 e. The molecule has 0 aliphatic rings. The minimum absolute atomic E-state index is 0.0679. The Labute approximate surface area is 137 Å². The fourth-order valence-electron chi connectivity index (χ4n) is 2.27. The van der Waals surface area contributed by atoms with Crippen molar-refractivity contribution in [2.24, 2.45) is 7.05 Å². The van der Waals surface area contributed by atoms with Gasteiger partial charge < -0.3 is 5.32 Å². The van der Waals surface area contributed by atoms with Crippen LogP contribution in [0.2, 0.25) is 0 Å². The summed E-state index contributed by atoms with van der Waals surface area (Å²) < 4.78 is 28.5. The molecule has 2 aromatic heterocycles. The Morgan fingerprint density at radius 3 is 2.67 bits per heavy atom. The van der Waals surface area contributed by atoms with E-state index < -0.39 is 28.8 Å². The van der Waals surface area contributed by atoms with E-state index in [0.29, 0.717) is 10.2 Å². The normalized spacial score (nSPS) is 11.0. The highest BCUT2D eigenvalue weighted by Gasteiger charge is 2.15. The molecule has 3 rings (SSSR count). The van der Waals surface area contributed by atoms with Gasteiger partial charge in [0.1, 0.15) is 11.2 Å². The lowest BCUT2D eigenvalue weighted by atomic mass is 10.3. The summed E-state index contributed by atoms with van der Waals surface area (Å²) >= 11 is 1.17. The number of nitrogens with one attached hydrogen (secondary N) is 1. The number of halogens is 2. The van der Waals surface area contributed by atoms with Crippen LogP contribution in [0.4, 0.5) is 14.5 Å². The number of carbonyl (C=O) groups excluding carboxylic acids is 1. The summed E-state index contributed by atoms with van der Waals surface area (Å²) in [6.07, 6.45) is 0. The van der Waals surface area contributed by atoms with E-state index in [-0.39, 0.29) is 12.2 Å². The highest BCUT2D eigenvalue weighted by molar-refractivity contribution is 7.17. The van der Waals surface area contributed by atoms with Crippen LogP contribution in [0, 0.1) is 11.6 Å². The molecule has 6 nitrogen and oxygen atoms in total. The highest BCUT2D eigenvalue weighted by atomic mass is 32.1. The van der Waals surface area contributed by atoms with Crippen LogP contribution < -0.4 is 16.6 Å². The van der Waals surface area contributed by atoms with Gasteiger partial charge in [0.15, 0.2) is 11.6 Å². The minimum atomic E-state index is -1.09. The maximum absolute atomic E-state index is 13.2. The van der Waals surface area contributed by atoms with Crippen molar-refractivity contribution in [1.82, 2.24) is 9.13 Å². The number of benzene rings is 1. The number of fused-ring (bicyclic) bond motifs is 1. The smallest absolute Gasteiger partial charge is 0.324 e. The average molecular weight is 351 g/mol. The van der Waals surface area contributed by atoms with Crippen LogP contribution in [-0.2, 0) is 18.4 Å². The van der Waals surface area contributed by atoms with Crippen LogP contribution >= 0.6 is 11.3 Å². The van der Waals surface area contributed by atoms with Gasteiger partial charge in [-0.25, -0.2) is 13.6 Å². The molecule has 0 aliphatic carbocycles. The number of rotatable bonds is 3. The second-order valence-electron chi connectivity index (χ2n) is 5.04. The number of hydrogen-bond donors (Lipinski definition) is 1. The summed E-state index contributed by atoms with van der Waals surface area (Å²) in [5.41, 5.74) is -0.638. The summed E-state index contributed by atoms with van der Waals surface area (Å²) in [6, 6.07) is 4.52. The molecule has 3 aromatic rings. The van der Waals surface area contributed by atoms with Gasteiger partial charge in [-0.15, -0.1) is 11.3 Å². The molecule has 0 bridgehead atoms. The SMILES string of the molecule is Cn1c(=O)c2sccc2n(CC(=O)Nc2ccc(F)c(F)c2)c1=O. The Balaban J connectivity index is 1.94. The number of carbonyl (C=O) groups is 1. The van der Waals surface area contributed by atoms with Gasteiger partial charge in [0, 0.05) is 18.8 Å². The topological polar surface area (TPSA) is 73.1 Å². The van der Waals surface area contributed by atoms with E-state index in [4.69, 9.17) is 0 Å². The van der Waals surface area contributed by atoms with Crippen LogP contribution in [0.15, 0.2) is 39.2 Å².